The van der Waals surface area contributed by atoms with E-state index in [1.54, 1.807) is 0 Å². The molecule has 3 rings (SSSR count). The number of benzene rings is 2. The number of nitrogens with zero attached hydrogens (tertiary/aromatic N) is 2. The lowest BCUT2D eigenvalue weighted by Crippen LogP contribution is -2.50. The molecule has 0 fully saturated rings. The first-order chi connectivity index (χ1) is 15.9. The van der Waals surface area contributed by atoms with Gasteiger partial charge >= 0.3 is 31.1 Å². The smallest absolute Gasteiger partial charge is 0.334 e. The van der Waals surface area contributed by atoms with Crippen LogP contribution in [0, 0.1) is 11.6 Å². The molecule has 2 aromatic carbocycles. The number of halogens is 8. The van der Waals surface area contributed by atoms with Gasteiger partial charge < -0.3 is 4.90 Å². The summed E-state index contributed by atoms with van der Waals surface area (Å²) in [5.74, 6) is -3.26. The van der Waals surface area contributed by atoms with Crippen molar-refractivity contribution in [1.29, 1.82) is 0 Å². The van der Waals surface area contributed by atoms with Crippen molar-refractivity contribution >= 4 is 31.6 Å². The summed E-state index contributed by atoms with van der Waals surface area (Å²) >= 11 is 0. The minimum absolute atomic E-state index is 0.293. The Hall–Kier alpha value is -2.95. The number of hydrogen-bond acceptors (Lipinski definition) is 5. The van der Waals surface area contributed by atoms with Crippen LogP contribution in [0.1, 0.15) is 21.5 Å². The SMILES string of the molecule is O=C1c2c(F)ccc(F)c2CCN1Cc1ccccc1N(S(=O)(=O)C(F)(F)F)S(=O)(=O)C(F)(F)F. The second-order valence-corrected chi connectivity index (χ2v) is 10.9. The molecular weight excluding hydrogens is 540 g/mol. The third-order valence-electron chi connectivity index (χ3n) is 4.91. The molecule has 7 nitrogen and oxygen atoms in total. The van der Waals surface area contributed by atoms with Crippen LogP contribution in [0.15, 0.2) is 36.4 Å². The molecule has 0 aliphatic carbocycles. The molecule has 1 aliphatic rings. The molecule has 2 aromatic rings. The maximum atomic E-state index is 14.2. The molecule has 1 aliphatic heterocycles. The Balaban J connectivity index is 2.15. The first kappa shape index (κ1) is 26.7. The largest absolute Gasteiger partial charge is 0.517 e. The molecule has 0 spiro atoms. The zero-order valence-corrected chi connectivity index (χ0v) is 18.5. The van der Waals surface area contributed by atoms with Crippen molar-refractivity contribution in [1.82, 2.24) is 4.90 Å². The lowest BCUT2D eigenvalue weighted by Gasteiger charge is -2.31. The zero-order chi connectivity index (χ0) is 26.6. The third kappa shape index (κ3) is 4.53. The van der Waals surface area contributed by atoms with Crippen LogP contribution in [-0.2, 0) is 33.0 Å². The number of carbonyl (C=O) groups excluding carboxylic acids is 1. The average Bonchev–Trinajstić information content (AvgIpc) is 2.71. The van der Waals surface area contributed by atoms with Crippen molar-refractivity contribution < 1.29 is 56.8 Å². The van der Waals surface area contributed by atoms with Gasteiger partial charge in [0.1, 0.15) is 11.6 Å². The summed E-state index contributed by atoms with van der Waals surface area (Å²) in [6.07, 6.45) is -0.293. The van der Waals surface area contributed by atoms with Crippen LogP contribution in [0.5, 0.6) is 0 Å². The maximum absolute atomic E-state index is 14.2. The summed E-state index contributed by atoms with van der Waals surface area (Å²) in [7, 11) is -14.3. The van der Waals surface area contributed by atoms with E-state index in [2.05, 4.69) is 0 Å². The van der Waals surface area contributed by atoms with Gasteiger partial charge in [0.2, 0.25) is 0 Å². The molecule has 1 amide bonds. The second-order valence-electron chi connectivity index (χ2n) is 7.09. The van der Waals surface area contributed by atoms with E-state index in [0.29, 0.717) is 17.0 Å². The first-order valence-electron chi connectivity index (χ1n) is 9.18. The predicted octanol–water partition coefficient (Wildman–Crippen LogP) is 3.67. The monoisotopic (exact) mass is 552 g/mol. The molecule has 1 heterocycles. The van der Waals surface area contributed by atoms with Crippen LogP contribution in [0.25, 0.3) is 0 Å². The van der Waals surface area contributed by atoms with Gasteiger partial charge in [-0.05, 0) is 30.2 Å². The maximum Gasteiger partial charge on any atom is 0.517 e. The second kappa shape index (κ2) is 8.61. The van der Waals surface area contributed by atoms with E-state index in [9.17, 15) is 56.8 Å². The number of hydrogen-bond donors (Lipinski definition) is 0. The molecule has 0 bridgehead atoms. The van der Waals surface area contributed by atoms with Crippen molar-refractivity contribution in [2.75, 3.05) is 10.3 Å². The topological polar surface area (TPSA) is 91.8 Å². The van der Waals surface area contributed by atoms with Crippen LogP contribution in [0.3, 0.4) is 0 Å². The lowest BCUT2D eigenvalue weighted by atomic mass is 9.97. The number of fused-ring (bicyclic) bond motifs is 1. The molecule has 0 aromatic heterocycles. The van der Waals surface area contributed by atoms with Gasteiger partial charge in [-0.2, -0.15) is 43.2 Å². The molecule has 0 saturated heterocycles. The van der Waals surface area contributed by atoms with E-state index in [0.717, 1.165) is 24.3 Å². The molecule has 0 saturated carbocycles. The molecule has 0 radical (unpaired) electrons. The summed E-state index contributed by atoms with van der Waals surface area (Å²) in [6.45, 7) is -1.32. The van der Waals surface area contributed by atoms with E-state index in [-0.39, 0.29) is 12.0 Å². The highest BCUT2D eigenvalue weighted by atomic mass is 32.3. The third-order valence-corrected chi connectivity index (χ3v) is 8.52. The number of amides is 1. The highest BCUT2D eigenvalue weighted by Gasteiger charge is 2.62. The Kier molecular flexibility index (Phi) is 6.56. The molecule has 0 unspecified atom stereocenters. The molecule has 17 heteroatoms. The van der Waals surface area contributed by atoms with Gasteiger partial charge in [0.15, 0.2) is 0 Å². The summed E-state index contributed by atoms with van der Waals surface area (Å²) in [5, 5.41) is 0. The zero-order valence-electron chi connectivity index (χ0n) is 16.9. The minimum Gasteiger partial charge on any atom is -0.334 e. The van der Waals surface area contributed by atoms with E-state index in [1.165, 1.54) is 0 Å². The van der Waals surface area contributed by atoms with Gasteiger partial charge in [0.05, 0.1) is 11.3 Å². The van der Waals surface area contributed by atoms with E-state index >= 15 is 0 Å². The number of anilines is 1. The quantitative estimate of drug-likeness (QED) is 0.528. The van der Waals surface area contributed by atoms with Crippen LogP contribution >= 0.6 is 0 Å². The molecular formula is C18H12F8N2O5S2. The molecule has 35 heavy (non-hydrogen) atoms. The summed E-state index contributed by atoms with van der Waals surface area (Å²) in [4.78, 5) is 13.4. The summed E-state index contributed by atoms with van der Waals surface area (Å²) < 4.78 is 153. The Labute approximate surface area is 192 Å². The van der Waals surface area contributed by atoms with E-state index in [4.69, 9.17) is 0 Å². The highest BCUT2D eigenvalue weighted by Crippen LogP contribution is 2.40. The fourth-order valence-corrected chi connectivity index (χ4v) is 6.12. The van der Waals surface area contributed by atoms with Crippen LogP contribution in [-0.4, -0.2) is 45.2 Å². The van der Waals surface area contributed by atoms with Gasteiger partial charge in [0, 0.05) is 18.7 Å². The summed E-state index contributed by atoms with van der Waals surface area (Å²) in [5.41, 5.74) is -16.3. The van der Waals surface area contributed by atoms with E-state index in [1.807, 2.05) is 0 Å². The lowest BCUT2D eigenvalue weighted by molar-refractivity contribution is -0.0462. The van der Waals surface area contributed by atoms with Crippen LogP contribution in [0.4, 0.5) is 40.8 Å². The van der Waals surface area contributed by atoms with Gasteiger partial charge in [0.25, 0.3) is 5.91 Å². The van der Waals surface area contributed by atoms with Crippen molar-refractivity contribution in [3.8, 4) is 0 Å². The fraction of sp³-hybridized carbons (Fsp3) is 0.278. The highest BCUT2D eigenvalue weighted by molar-refractivity contribution is 8.11. The minimum atomic E-state index is -7.16. The van der Waals surface area contributed by atoms with Gasteiger partial charge in [-0.3, -0.25) is 4.79 Å². The van der Waals surface area contributed by atoms with Crippen LogP contribution < -0.4 is 3.71 Å². The number of rotatable bonds is 5. The number of alkyl halides is 6. The van der Waals surface area contributed by atoms with Gasteiger partial charge in [-0.15, -0.1) is 3.71 Å². The molecule has 0 atom stereocenters. The Morgan fingerprint density at radius 3 is 1.89 bits per heavy atom. The number of carbonyl (C=O) groups is 1. The van der Waals surface area contributed by atoms with Crippen molar-refractivity contribution in [2.45, 2.75) is 24.0 Å². The molecule has 0 N–H and O–H groups in total. The van der Waals surface area contributed by atoms with Gasteiger partial charge in [-0.1, -0.05) is 18.2 Å². The van der Waals surface area contributed by atoms with Crippen LogP contribution in [0.2, 0.25) is 0 Å². The van der Waals surface area contributed by atoms with E-state index < -0.39 is 82.2 Å². The van der Waals surface area contributed by atoms with Crippen molar-refractivity contribution in [2.24, 2.45) is 0 Å². The summed E-state index contributed by atoms with van der Waals surface area (Å²) in [6, 6.07) is 4.34. The fourth-order valence-electron chi connectivity index (χ4n) is 3.33. The van der Waals surface area contributed by atoms with Crippen molar-refractivity contribution in [3.63, 3.8) is 0 Å². The number of para-hydroxylation sites is 1. The average molecular weight is 552 g/mol. The normalized spacial score (nSPS) is 15.2. The predicted molar refractivity (Wildman–Crippen MR) is 104 cm³/mol. The van der Waals surface area contributed by atoms with Gasteiger partial charge in [-0.25, -0.2) is 8.78 Å². The number of sulfonamides is 2. The standard InChI is InChI=1S/C18H12F8N2O5S2/c19-12-5-6-13(20)15-11(12)7-8-27(16(15)29)9-10-3-1-2-4-14(10)28(34(30,31)17(21,22)23)35(32,33)18(24,25)26/h1-6H,7-9H2. The Morgan fingerprint density at radius 1 is 0.829 bits per heavy atom. The van der Waals surface area contributed by atoms with Crippen molar-refractivity contribution in [3.05, 3.63) is 64.7 Å². The first-order valence-corrected chi connectivity index (χ1v) is 12.1. The Bertz CT molecular complexity index is 1340. The Morgan fingerprint density at radius 2 is 1.34 bits per heavy atom. The molecule has 192 valence electrons.